The lowest BCUT2D eigenvalue weighted by atomic mass is 10.0. The number of nitrogens with one attached hydrogen (secondary N) is 1. The fourth-order valence-electron chi connectivity index (χ4n) is 3.49. The molecule has 1 unspecified atom stereocenters. The Morgan fingerprint density at radius 1 is 0.969 bits per heavy atom. The van der Waals surface area contributed by atoms with Crippen LogP contribution in [0.2, 0.25) is 0 Å². The quantitative estimate of drug-likeness (QED) is 0.556. The largest absolute Gasteiger partial charge is 0.484 e. The normalized spacial score (nSPS) is 11.5. The highest BCUT2D eigenvalue weighted by Crippen LogP contribution is 2.17. The van der Waals surface area contributed by atoms with Crippen molar-refractivity contribution in [3.05, 3.63) is 101 Å². The number of halogens is 1. The lowest BCUT2D eigenvalue weighted by molar-refractivity contribution is -0.142. The number of benzene rings is 3. The van der Waals surface area contributed by atoms with Crippen LogP contribution in [0.25, 0.3) is 0 Å². The van der Waals surface area contributed by atoms with Gasteiger partial charge in [-0.1, -0.05) is 60.2 Å². The van der Waals surface area contributed by atoms with Crippen LogP contribution < -0.4 is 10.1 Å². The van der Waals surface area contributed by atoms with E-state index >= 15 is 0 Å². The molecule has 0 aliphatic rings. The smallest absolute Gasteiger partial charge is 0.261 e. The molecule has 166 valence electrons. The molecule has 0 radical (unpaired) electrons. The van der Waals surface area contributed by atoms with Crippen LogP contribution in [-0.4, -0.2) is 36.4 Å². The van der Waals surface area contributed by atoms with Crippen LogP contribution in [0.4, 0.5) is 4.39 Å². The lowest BCUT2D eigenvalue weighted by Gasteiger charge is -2.31. The maximum atomic E-state index is 13.3. The second-order valence-corrected chi connectivity index (χ2v) is 7.57. The molecule has 0 spiro atoms. The van der Waals surface area contributed by atoms with Crippen LogP contribution in [0.1, 0.15) is 16.7 Å². The summed E-state index contributed by atoms with van der Waals surface area (Å²) in [5.74, 6) is -0.584. The molecule has 3 aromatic carbocycles. The van der Waals surface area contributed by atoms with E-state index in [1.165, 1.54) is 24.3 Å². The van der Waals surface area contributed by atoms with Gasteiger partial charge >= 0.3 is 0 Å². The van der Waals surface area contributed by atoms with Crippen molar-refractivity contribution in [2.75, 3.05) is 13.7 Å². The molecule has 0 aliphatic heterocycles. The van der Waals surface area contributed by atoms with E-state index in [9.17, 15) is 14.0 Å². The fraction of sp³-hybridized carbons (Fsp3) is 0.231. The zero-order valence-electron chi connectivity index (χ0n) is 18.3. The summed E-state index contributed by atoms with van der Waals surface area (Å²) >= 11 is 0. The monoisotopic (exact) mass is 434 g/mol. The number of carbonyl (C=O) groups is 2. The third kappa shape index (κ3) is 6.41. The first-order valence-electron chi connectivity index (χ1n) is 10.4. The molecular weight excluding hydrogens is 407 g/mol. The zero-order chi connectivity index (χ0) is 22.9. The molecule has 3 aromatic rings. The van der Waals surface area contributed by atoms with E-state index in [0.29, 0.717) is 12.2 Å². The number of amides is 2. The minimum Gasteiger partial charge on any atom is -0.484 e. The Kier molecular flexibility index (Phi) is 7.97. The first-order valence-corrected chi connectivity index (χ1v) is 10.4. The number of nitrogens with zero attached hydrogens (tertiary/aromatic N) is 1. The van der Waals surface area contributed by atoms with Gasteiger partial charge in [0.25, 0.3) is 5.91 Å². The number of likely N-dealkylation sites (N-methyl/N-ethyl adjacent to an activating group) is 1. The molecule has 1 atom stereocenters. The molecule has 0 heterocycles. The van der Waals surface area contributed by atoms with Gasteiger partial charge in [-0.15, -0.1) is 0 Å². The van der Waals surface area contributed by atoms with Gasteiger partial charge < -0.3 is 15.0 Å². The Labute approximate surface area is 187 Å². The molecule has 0 aliphatic carbocycles. The van der Waals surface area contributed by atoms with Gasteiger partial charge in [0.2, 0.25) is 5.91 Å². The standard InChI is InChI=1S/C26H27FN2O3/c1-19-7-6-10-21(15-19)17-29(25(30)18-32-23-13-11-22(27)12-14-23)24(26(31)28-2)16-20-8-4-3-5-9-20/h3-15,24H,16-18H2,1-2H3,(H,28,31). The first-order chi connectivity index (χ1) is 15.5. The maximum Gasteiger partial charge on any atom is 0.261 e. The third-order valence-corrected chi connectivity index (χ3v) is 5.13. The summed E-state index contributed by atoms with van der Waals surface area (Å²) in [5.41, 5.74) is 2.93. The first kappa shape index (κ1) is 23.0. The van der Waals surface area contributed by atoms with Gasteiger partial charge in [-0.3, -0.25) is 9.59 Å². The van der Waals surface area contributed by atoms with Crippen molar-refractivity contribution in [1.82, 2.24) is 10.2 Å². The molecule has 0 saturated heterocycles. The van der Waals surface area contributed by atoms with Gasteiger partial charge in [-0.05, 0) is 42.3 Å². The number of aryl methyl sites for hydroxylation is 1. The molecular formula is C26H27FN2O3. The summed E-state index contributed by atoms with van der Waals surface area (Å²) in [6, 6.07) is 22.2. The van der Waals surface area contributed by atoms with E-state index in [-0.39, 0.29) is 30.8 Å². The SMILES string of the molecule is CNC(=O)C(Cc1ccccc1)N(Cc1cccc(C)c1)C(=O)COc1ccc(F)cc1. The Morgan fingerprint density at radius 2 is 1.66 bits per heavy atom. The number of ether oxygens (including phenoxy) is 1. The Morgan fingerprint density at radius 3 is 2.31 bits per heavy atom. The van der Waals surface area contributed by atoms with Crippen molar-refractivity contribution in [2.45, 2.75) is 25.9 Å². The maximum absolute atomic E-state index is 13.3. The van der Waals surface area contributed by atoms with Crippen molar-refractivity contribution in [2.24, 2.45) is 0 Å². The third-order valence-electron chi connectivity index (χ3n) is 5.13. The van der Waals surface area contributed by atoms with E-state index in [1.54, 1.807) is 11.9 Å². The van der Waals surface area contributed by atoms with Gasteiger partial charge in [0, 0.05) is 20.0 Å². The summed E-state index contributed by atoms with van der Waals surface area (Å²) in [5, 5.41) is 2.68. The molecule has 3 rings (SSSR count). The van der Waals surface area contributed by atoms with E-state index < -0.39 is 6.04 Å². The molecule has 6 heteroatoms. The topological polar surface area (TPSA) is 58.6 Å². The van der Waals surface area contributed by atoms with Crippen LogP contribution >= 0.6 is 0 Å². The molecule has 5 nitrogen and oxygen atoms in total. The summed E-state index contributed by atoms with van der Waals surface area (Å²) in [7, 11) is 1.56. The van der Waals surface area contributed by atoms with Crippen molar-refractivity contribution >= 4 is 11.8 Å². The minimum absolute atomic E-state index is 0.253. The van der Waals surface area contributed by atoms with Gasteiger partial charge in [-0.25, -0.2) is 4.39 Å². The molecule has 1 N–H and O–H groups in total. The van der Waals surface area contributed by atoms with E-state index in [4.69, 9.17) is 4.74 Å². The predicted octanol–water partition coefficient (Wildman–Crippen LogP) is 3.90. The van der Waals surface area contributed by atoms with Crippen molar-refractivity contribution in [3.63, 3.8) is 0 Å². The summed E-state index contributed by atoms with van der Waals surface area (Å²) in [4.78, 5) is 27.7. The highest BCUT2D eigenvalue weighted by atomic mass is 19.1. The molecule has 0 bridgehead atoms. The summed E-state index contributed by atoms with van der Waals surface area (Å²) in [6.07, 6.45) is 0.370. The van der Waals surface area contributed by atoms with Gasteiger partial charge in [0.15, 0.2) is 6.61 Å². The van der Waals surface area contributed by atoms with Crippen LogP contribution in [0.15, 0.2) is 78.9 Å². The van der Waals surface area contributed by atoms with Crippen LogP contribution in [0, 0.1) is 12.7 Å². The Hall–Kier alpha value is -3.67. The minimum atomic E-state index is -0.716. The van der Waals surface area contributed by atoms with E-state index in [1.807, 2.05) is 61.5 Å². The van der Waals surface area contributed by atoms with Crippen molar-refractivity contribution < 1.29 is 18.7 Å². The Balaban J connectivity index is 1.86. The highest BCUT2D eigenvalue weighted by Gasteiger charge is 2.30. The van der Waals surface area contributed by atoms with Crippen LogP contribution in [0.5, 0.6) is 5.75 Å². The van der Waals surface area contributed by atoms with Crippen LogP contribution in [0.3, 0.4) is 0 Å². The van der Waals surface area contributed by atoms with Crippen LogP contribution in [-0.2, 0) is 22.6 Å². The summed E-state index contributed by atoms with van der Waals surface area (Å²) in [6.45, 7) is 1.98. The van der Waals surface area contributed by atoms with E-state index in [0.717, 1.165) is 16.7 Å². The van der Waals surface area contributed by atoms with Gasteiger partial charge in [0.1, 0.15) is 17.6 Å². The molecule has 0 saturated carbocycles. The number of hydrogen-bond acceptors (Lipinski definition) is 3. The zero-order valence-corrected chi connectivity index (χ0v) is 18.3. The summed E-state index contributed by atoms with van der Waals surface area (Å²) < 4.78 is 18.7. The molecule has 0 fully saturated rings. The Bertz CT molecular complexity index is 1040. The van der Waals surface area contributed by atoms with Crippen molar-refractivity contribution in [1.29, 1.82) is 0 Å². The molecule has 2 amide bonds. The molecule has 32 heavy (non-hydrogen) atoms. The lowest BCUT2D eigenvalue weighted by Crippen LogP contribution is -2.51. The van der Waals surface area contributed by atoms with Crippen molar-refractivity contribution in [3.8, 4) is 5.75 Å². The number of rotatable bonds is 9. The average Bonchev–Trinajstić information content (AvgIpc) is 2.81. The highest BCUT2D eigenvalue weighted by molar-refractivity contribution is 5.88. The predicted molar refractivity (Wildman–Crippen MR) is 122 cm³/mol. The van der Waals surface area contributed by atoms with E-state index in [2.05, 4.69) is 5.32 Å². The average molecular weight is 435 g/mol. The number of carbonyl (C=O) groups excluding carboxylic acids is 2. The van der Waals surface area contributed by atoms with Gasteiger partial charge in [0.05, 0.1) is 0 Å². The van der Waals surface area contributed by atoms with Gasteiger partial charge in [-0.2, -0.15) is 0 Å². The molecule has 0 aromatic heterocycles. The second-order valence-electron chi connectivity index (χ2n) is 7.57. The number of hydrogen-bond donors (Lipinski definition) is 1. The fourth-order valence-corrected chi connectivity index (χ4v) is 3.49. The second kappa shape index (κ2) is 11.1.